The fourth-order valence-electron chi connectivity index (χ4n) is 3.35. The molecule has 0 aromatic heterocycles. The van der Waals surface area contributed by atoms with E-state index >= 15 is 0 Å². The van der Waals surface area contributed by atoms with Gasteiger partial charge in [-0.3, -0.25) is 0 Å². The average molecular weight is 304 g/mol. The normalized spacial score (nSPS) is 41.3. The molecule has 1 aliphatic carbocycles. The van der Waals surface area contributed by atoms with Crippen molar-refractivity contribution >= 4 is 0 Å². The lowest BCUT2D eigenvalue weighted by molar-refractivity contribution is 0.151. The molecular weight excluding hydrogens is 272 g/mol. The highest BCUT2D eigenvalue weighted by atomic mass is 16.6. The Balaban J connectivity index is 2.21. The van der Waals surface area contributed by atoms with E-state index in [1.54, 1.807) is 0 Å². The monoisotopic (exact) mass is 304 g/mol. The first-order valence-corrected chi connectivity index (χ1v) is 8.70. The van der Waals surface area contributed by atoms with E-state index in [-0.39, 0.29) is 5.60 Å². The summed E-state index contributed by atoms with van der Waals surface area (Å²) in [7, 11) is 0. The summed E-state index contributed by atoms with van der Waals surface area (Å²) in [6.45, 7) is 10.8. The Kier molecular flexibility index (Phi) is 5.68. The van der Waals surface area contributed by atoms with E-state index in [1.807, 2.05) is 0 Å². The van der Waals surface area contributed by atoms with Gasteiger partial charge in [-0.15, -0.1) is 0 Å². The fraction of sp³-hybridized carbons (Fsp3) is 0.700. The summed E-state index contributed by atoms with van der Waals surface area (Å²) in [5.41, 5.74) is 3.81. The fourth-order valence-corrected chi connectivity index (χ4v) is 3.35. The van der Waals surface area contributed by atoms with Gasteiger partial charge in [-0.05, 0) is 57.9 Å². The molecule has 0 spiro atoms. The molecule has 1 fully saturated rings. The molecule has 0 unspecified atom stereocenters. The van der Waals surface area contributed by atoms with Gasteiger partial charge in [-0.2, -0.15) is 0 Å². The maximum atomic E-state index is 10.7. The minimum atomic E-state index is -0.404. The Morgan fingerprint density at radius 1 is 1.18 bits per heavy atom. The first-order chi connectivity index (χ1) is 10.3. The SMILES string of the molecule is C/C1=C/C=C(\C(C)C)[C@@H](O)C[C@]2(C)O[C@@H]2CC/C(C)=C/CC1. The summed E-state index contributed by atoms with van der Waals surface area (Å²) in [4.78, 5) is 0. The average Bonchev–Trinajstić information content (AvgIpc) is 3.05. The second kappa shape index (κ2) is 7.14. The minimum absolute atomic E-state index is 0.142. The summed E-state index contributed by atoms with van der Waals surface area (Å²) >= 11 is 0. The Morgan fingerprint density at radius 3 is 2.59 bits per heavy atom. The molecule has 1 aliphatic heterocycles. The van der Waals surface area contributed by atoms with Crippen LogP contribution in [0.3, 0.4) is 0 Å². The second-order valence-corrected chi connectivity index (χ2v) is 7.60. The molecule has 3 atom stereocenters. The molecule has 124 valence electrons. The molecule has 2 aliphatic rings. The number of allylic oxidation sites excluding steroid dienone is 5. The number of hydrogen-bond acceptors (Lipinski definition) is 2. The number of hydrogen-bond donors (Lipinski definition) is 1. The van der Waals surface area contributed by atoms with E-state index in [4.69, 9.17) is 4.74 Å². The zero-order valence-electron chi connectivity index (χ0n) is 14.9. The van der Waals surface area contributed by atoms with Crippen LogP contribution in [0, 0.1) is 5.92 Å². The van der Waals surface area contributed by atoms with Crippen LogP contribution >= 0.6 is 0 Å². The van der Waals surface area contributed by atoms with Gasteiger partial charge in [0.2, 0.25) is 0 Å². The molecule has 0 aromatic carbocycles. The van der Waals surface area contributed by atoms with Gasteiger partial charge in [-0.1, -0.05) is 43.2 Å². The summed E-state index contributed by atoms with van der Waals surface area (Å²) < 4.78 is 5.92. The van der Waals surface area contributed by atoms with Crippen molar-refractivity contribution in [1.29, 1.82) is 0 Å². The van der Waals surface area contributed by atoms with Gasteiger partial charge in [0.05, 0.1) is 17.8 Å². The number of ether oxygens (including phenoxy) is 1. The summed E-state index contributed by atoms with van der Waals surface area (Å²) in [5.74, 6) is 0.356. The first-order valence-electron chi connectivity index (χ1n) is 8.70. The minimum Gasteiger partial charge on any atom is -0.389 e. The Bertz CT molecular complexity index is 484. The highest BCUT2D eigenvalue weighted by Gasteiger charge is 2.52. The van der Waals surface area contributed by atoms with Gasteiger partial charge in [0.1, 0.15) is 0 Å². The molecule has 2 nitrogen and oxygen atoms in total. The lowest BCUT2D eigenvalue weighted by Gasteiger charge is -2.20. The van der Waals surface area contributed by atoms with E-state index in [9.17, 15) is 5.11 Å². The van der Waals surface area contributed by atoms with Crippen LogP contribution < -0.4 is 0 Å². The Labute approximate surface area is 136 Å². The molecule has 1 saturated heterocycles. The molecule has 0 bridgehead atoms. The molecule has 1 heterocycles. The predicted molar refractivity (Wildman–Crippen MR) is 92.8 cm³/mol. The van der Waals surface area contributed by atoms with Crippen LogP contribution in [0.15, 0.2) is 34.9 Å². The van der Waals surface area contributed by atoms with E-state index < -0.39 is 6.10 Å². The van der Waals surface area contributed by atoms with Crippen molar-refractivity contribution in [3.63, 3.8) is 0 Å². The molecule has 1 N–H and O–H groups in total. The molecule has 0 saturated carbocycles. The van der Waals surface area contributed by atoms with E-state index in [2.05, 4.69) is 52.8 Å². The third-order valence-corrected chi connectivity index (χ3v) is 5.08. The summed E-state index contributed by atoms with van der Waals surface area (Å²) in [5, 5.41) is 10.7. The molecule has 22 heavy (non-hydrogen) atoms. The van der Waals surface area contributed by atoms with E-state index in [0.29, 0.717) is 18.4 Å². The number of aliphatic hydroxyl groups is 1. The predicted octanol–water partition coefficient (Wildman–Crippen LogP) is 4.94. The zero-order chi connectivity index (χ0) is 16.3. The number of epoxide rings is 1. The number of aliphatic hydroxyl groups excluding tert-OH is 1. The highest BCUT2D eigenvalue weighted by molar-refractivity contribution is 5.23. The van der Waals surface area contributed by atoms with Crippen LogP contribution in [-0.4, -0.2) is 22.9 Å². The Hall–Kier alpha value is -0.860. The second-order valence-electron chi connectivity index (χ2n) is 7.60. The van der Waals surface area contributed by atoms with Crippen LogP contribution in [0.25, 0.3) is 0 Å². The van der Waals surface area contributed by atoms with Crippen LogP contribution in [0.2, 0.25) is 0 Å². The topological polar surface area (TPSA) is 32.8 Å². The summed E-state index contributed by atoms with van der Waals surface area (Å²) in [6.07, 6.45) is 11.7. The molecule has 2 rings (SSSR count). The molecule has 0 radical (unpaired) electrons. The van der Waals surface area contributed by atoms with Gasteiger partial charge in [0, 0.05) is 6.42 Å². The third-order valence-electron chi connectivity index (χ3n) is 5.08. The van der Waals surface area contributed by atoms with Crippen molar-refractivity contribution in [2.24, 2.45) is 5.92 Å². The lowest BCUT2D eigenvalue weighted by Crippen LogP contribution is -2.24. The first kappa shape index (κ1) is 17.5. The van der Waals surface area contributed by atoms with Crippen LogP contribution in [0.5, 0.6) is 0 Å². The van der Waals surface area contributed by atoms with Crippen LogP contribution in [0.4, 0.5) is 0 Å². The van der Waals surface area contributed by atoms with Gasteiger partial charge < -0.3 is 9.84 Å². The van der Waals surface area contributed by atoms with Gasteiger partial charge >= 0.3 is 0 Å². The molecule has 0 aromatic rings. The number of fused-ring (bicyclic) bond motifs is 1. The highest BCUT2D eigenvalue weighted by Crippen LogP contribution is 2.44. The third kappa shape index (κ3) is 4.57. The van der Waals surface area contributed by atoms with Crippen molar-refractivity contribution < 1.29 is 9.84 Å². The van der Waals surface area contributed by atoms with Crippen molar-refractivity contribution in [3.05, 3.63) is 34.9 Å². The lowest BCUT2D eigenvalue weighted by atomic mass is 9.88. The smallest absolute Gasteiger partial charge is 0.0948 e. The standard InChI is InChI=1S/C20H32O2/c1-14(2)17-11-9-15(3)7-6-8-16(4)10-12-19-20(5,22-19)13-18(17)21/h8-9,11,14,18-19,21H,6-7,10,12-13H2,1-5H3/b15-9-,16-8+,17-11+/t18-,19+,20-/m0/s1. The summed E-state index contributed by atoms with van der Waals surface area (Å²) in [6, 6.07) is 0. The van der Waals surface area contributed by atoms with Crippen LogP contribution in [0.1, 0.15) is 66.7 Å². The van der Waals surface area contributed by atoms with E-state index in [0.717, 1.165) is 31.3 Å². The van der Waals surface area contributed by atoms with E-state index in [1.165, 1.54) is 11.1 Å². The maximum absolute atomic E-state index is 10.7. The van der Waals surface area contributed by atoms with Gasteiger partial charge in [0.15, 0.2) is 0 Å². The van der Waals surface area contributed by atoms with Crippen molar-refractivity contribution in [2.45, 2.75) is 84.5 Å². The molecule has 0 amide bonds. The van der Waals surface area contributed by atoms with Crippen molar-refractivity contribution in [2.75, 3.05) is 0 Å². The van der Waals surface area contributed by atoms with Crippen molar-refractivity contribution in [1.82, 2.24) is 0 Å². The largest absolute Gasteiger partial charge is 0.389 e. The molecule has 2 heteroatoms. The Morgan fingerprint density at radius 2 is 1.91 bits per heavy atom. The maximum Gasteiger partial charge on any atom is 0.0948 e. The quantitative estimate of drug-likeness (QED) is 0.549. The van der Waals surface area contributed by atoms with Gasteiger partial charge in [-0.25, -0.2) is 0 Å². The number of rotatable bonds is 1. The zero-order valence-corrected chi connectivity index (χ0v) is 14.9. The van der Waals surface area contributed by atoms with Gasteiger partial charge in [0.25, 0.3) is 0 Å². The molecular formula is C20H32O2. The van der Waals surface area contributed by atoms with Crippen molar-refractivity contribution in [3.8, 4) is 0 Å². The van der Waals surface area contributed by atoms with Crippen LogP contribution in [-0.2, 0) is 4.74 Å².